The molecule has 0 aromatic carbocycles. The number of pyridine rings is 1. The normalized spacial score (nSPS) is 28.3. The predicted octanol–water partition coefficient (Wildman–Crippen LogP) is 3.70. The molecule has 0 saturated heterocycles. The fourth-order valence-corrected chi connectivity index (χ4v) is 3.58. The lowest BCUT2D eigenvalue weighted by atomic mass is 9.73. The van der Waals surface area contributed by atoms with Gasteiger partial charge in [-0.1, -0.05) is 19.8 Å². The molecule has 20 heavy (non-hydrogen) atoms. The Morgan fingerprint density at radius 2 is 2.35 bits per heavy atom. The van der Waals surface area contributed by atoms with Crippen LogP contribution in [0.15, 0.2) is 22.8 Å². The molecule has 0 amide bonds. The molecule has 3 atom stereocenters. The van der Waals surface area contributed by atoms with Crippen LogP contribution in [0.25, 0.3) is 0 Å². The topological polar surface area (TPSA) is 48.1 Å². The number of hydrogen-bond acceptors (Lipinski definition) is 3. The van der Waals surface area contributed by atoms with Gasteiger partial charge in [0.05, 0.1) is 5.60 Å². The van der Waals surface area contributed by atoms with E-state index in [0.29, 0.717) is 5.92 Å². The lowest BCUT2D eigenvalue weighted by molar-refractivity contribution is -0.0926. The van der Waals surface area contributed by atoms with Crippen molar-refractivity contribution in [1.82, 2.24) is 4.98 Å². The van der Waals surface area contributed by atoms with Crippen molar-refractivity contribution in [2.75, 3.05) is 6.61 Å². The molecular weight excluding hydrogens is 316 g/mol. The molecule has 1 saturated carbocycles. The summed E-state index contributed by atoms with van der Waals surface area (Å²) in [6.45, 7) is 5.09. The number of nitrogens with two attached hydrogens (primary N) is 1. The third kappa shape index (κ3) is 3.80. The van der Waals surface area contributed by atoms with E-state index in [-0.39, 0.29) is 11.6 Å². The minimum absolute atomic E-state index is 0.0128. The predicted molar refractivity (Wildman–Crippen MR) is 85.6 cm³/mol. The molecule has 3 nitrogen and oxygen atoms in total. The van der Waals surface area contributed by atoms with Crippen LogP contribution in [0.5, 0.6) is 0 Å². The Hall–Kier alpha value is -0.450. The first-order chi connectivity index (χ1) is 9.55. The van der Waals surface area contributed by atoms with E-state index in [1.54, 1.807) is 0 Å². The van der Waals surface area contributed by atoms with Crippen molar-refractivity contribution >= 4 is 15.9 Å². The van der Waals surface area contributed by atoms with Gasteiger partial charge in [-0.15, -0.1) is 0 Å². The van der Waals surface area contributed by atoms with Gasteiger partial charge >= 0.3 is 0 Å². The summed E-state index contributed by atoms with van der Waals surface area (Å²) in [6, 6.07) is 4.07. The molecule has 1 aliphatic rings. The van der Waals surface area contributed by atoms with E-state index >= 15 is 0 Å². The maximum atomic E-state index is 6.53. The van der Waals surface area contributed by atoms with Crippen molar-refractivity contribution in [2.24, 2.45) is 11.7 Å². The summed E-state index contributed by atoms with van der Waals surface area (Å²) >= 11 is 3.41. The zero-order chi connectivity index (χ0) is 14.6. The largest absolute Gasteiger partial charge is 0.374 e. The average Bonchev–Trinajstić information content (AvgIpc) is 2.41. The molecule has 0 radical (unpaired) electrons. The van der Waals surface area contributed by atoms with Crippen LogP contribution in [0.2, 0.25) is 0 Å². The van der Waals surface area contributed by atoms with Crippen molar-refractivity contribution in [1.29, 1.82) is 0 Å². The van der Waals surface area contributed by atoms with Gasteiger partial charge < -0.3 is 10.5 Å². The Balaban J connectivity index is 2.10. The summed E-state index contributed by atoms with van der Waals surface area (Å²) in [5.41, 5.74) is 7.40. The molecule has 1 heterocycles. The van der Waals surface area contributed by atoms with Crippen LogP contribution >= 0.6 is 15.9 Å². The molecule has 1 aliphatic carbocycles. The van der Waals surface area contributed by atoms with Crippen LogP contribution in [-0.4, -0.2) is 23.2 Å². The number of aromatic nitrogens is 1. The highest BCUT2D eigenvalue weighted by Gasteiger charge is 2.41. The standard InChI is InChI=1S/C16H25BrN2O/c1-3-20-16(8-4-5-12(2)10-16)15(18)9-14-7-6-13(17)11-19-14/h6-7,11-12,15H,3-5,8-10,18H2,1-2H3. The lowest BCUT2D eigenvalue weighted by Gasteiger charge is -2.44. The van der Waals surface area contributed by atoms with Gasteiger partial charge in [0.2, 0.25) is 0 Å². The van der Waals surface area contributed by atoms with E-state index in [4.69, 9.17) is 10.5 Å². The van der Waals surface area contributed by atoms with E-state index in [0.717, 1.165) is 36.0 Å². The summed E-state index contributed by atoms with van der Waals surface area (Å²) in [4.78, 5) is 4.44. The fourth-order valence-electron chi connectivity index (χ4n) is 3.34. The molecule has 1 aromatic rings. The maximum absolute atomic E-state index is 6.53. The third-order valence-electron chi connectivity index (χ3n) is 4.32. The first-order valence-electron chi connectivity index (χ1n) is 7.55. The summed E-state index contributed by atoms with van der Waals surface area (Å²) < 4.78 is 7.14. The molecule has 2 N–H and O–H groups in total. The second-order valence-electron chi connectivity index (χ2n) is 5.98. The maximum Gasteiger partial charge on any atom is 0.0838 e. The molecule has 0 aliphatic heterocycles. The van der Waals surface area contributed by atoms with Gasteiger partial charge in [0.25, 0.3) is 0 Å². The second kappa shape index (κ2) is 7.01. The number of rotatable bonds is 5. The Morgan fingerprint density at radius 1 is 1.55 bits per heavy atom. The van der Waals surface area contributed by atoms with Gasteiger partial charge in [-0.05, 0) is 53.7 Å². The van der Waals surface area contributed by atoms with Crippen LogP contribution in [0.1, 0.15) is 45.2 Å². The van der Waals surface area contributed by atoms with Crippen LogP contribution in [0.3, 0.4) is 0 Å². The summed E-state index contributed by atoms with van der Waals surface area (Å²) in [6.07, 6.45) is 7.25. The molecule has 1 fully saturated rings. The van der Waals surface area contributed by atoms with Gasteiger partial charge in [0.1, 0.15) is 0 Å². The van der Waals surface area contributed by atoms with Crippen LogP contribution in [0.4, 0.5) is 0 Å². The van der Waals surface area contributed by atoms with E-state index in [9.17, 15) is 0 Å². The second-order valence-corrected chi connectivity index (χ2v) is 6.89. The Bertz CT molecular complexity index is 419. The Morgan fingerprint density at radius 3 is 2.95 bits per heavy atom. The first-order valence-corrected chi connectivity index (χ1v) is 8.35. The molecule has 3 unspecified atom stereocenters. The number of ether oxygens (including phenoxy) is 1. The molecule has 0 bridgehead atoms. The highest BCUT2D eigenvalue weighted by atomic mass is 79.9. The monoisotopic (exact) mass is 340 g/mol. The molecule has 4 heteroatoms. The van der Waals surface area contributed by atoms with E-state index in [1.807, 2.05) is 18.3 Å². The summed E-state index contributed by atoms with van der Waals surface area (Å²) in [5, 5.41) is 0. The quantitative estimate of drug-likeness (QED) is 0.888. The van der Waals surface area contributed by atoms with Crippen molar-refractivity contribution < 1.29 is 4.74 Å². The van der Waals surface area contributed by atoms with Gasteiger partial charge in [-0.3, -0.25) is 4.98 Å². The minimum atomic E-state index is -0.166. The third-order valence-corrected chi connectivity index (χ3v) is 4.79. The minimum Gasteiger partial charge on any atom is -0.374 e. The highest BCUT2D eigenvalue weighted by Crippen LogP contribution is 2.37. The Kier molecular flexibility index (Phi) is 5.58. The van der Waals surface area contributed by atoms with E-state index in [2.05, 4.69) is 34.8 Å². The van der Waals surface area contributed by atoms with Crippen LogP contribution in [0, 0.1) is 5.92 Å². The molecule has 2 rings (SSSR count). The van der Waals surface area contributed by atoms with Crippen molar-refractivity contribution in [2.45, 2.75) is 57.6 Å². The SMILES string of the molecule is CCOC1(C(N)Cc2ccc(Br)cn2)CCCC(C)C1. The molecule has 1 aromatic heterocycles. The van der Waals surface area contributed by atoms with Gasteiger partial charge in [0, 0.05) is 35.4 Å². The van der Waals surface area contributed by atoms with Gasteiger partial charge in [-0.25, -0.2) is 0 Å². The van der Waals surface area contributed by atoms with E-state index < -0.39 is 0 Å². The lowest BCUT2D eigenvalue weighted by Crippen LogP contribution is -2.53. The number of hydrogen-bond donors (Lipinski definition) is 1. The number of halogens is 1. The summed E-state index contributed by atoms with van der Waals surface area (Å²) in [5.74, 6) is 0.694. The van der Waals surface area contributed by atoms with Crippen LogP contribution < -0.4 is 5.73 Å². The Labute approximate surface area is 130 Å². The smallest absolute Gasteiger partial charge is 0.0838 e. The number of nitrogens with zero attached hydrogens (tertiary/aromatic N) is 1. The molecule has 112 valence electrons. The van der Waals surface area contributed by atoms with E-state index in [1.165, 1.54) is 12.8 Å². The van der Waals surface area contributed by atoms with Gasteiger partial charge in [-0.2, -0.15) is 0 Å². The zero-order valence-corrected chi connectivity index (χ0v) is 14.0. The van der Waals surface area contributed by atoms with Gasteiger partial charge in [0.15, 0.2) is 0 Å². The van der Waals surface area contributed by atoms with Crippen molar-refractivity contribution in [3.63, 3.8) is 0 Å². The summed E-state index contributed by atoms with van der Waals surface area (Å²) in [7, 11) is 0. The van der Waals surface area contributed by atoms with Crippen molar-refractivity contribution in [3.8, 4) is 0 Å². The molecule has 0 spiro atoms. The average molecular weight is 341 g/mol. The molecular formula is C16H25BrN2O. The zero-order valence-electron chi connectivity index (χ0n) is 12.4. The van der Waals surface area contributed by atoms with Crippen molar-refractivity contribution in [3.05, 3.63) is 28.5 Å². The fraction of sp³-hybridized carbons (Fsp3) is 0.688. The first kappa shape index (κ1) is 15.9. The van der Waals surface area contributed by atoms with Crippen LogP contribution in [-0.2, 0) is 11.2 Å². The highest BCUT2D eigenvalue weighted by molar-refractivity contribution is 9.10.